The summed E-state index contributed by atoms with van der Waals surface area (Å²) in [6.45, 7) is 2.05. The van der Waals surface area contributed by atoms with E-state index in [-0.39, 0.29) is 29.0 Å². The minimum Gasteiger partial charge on any atom is -0.385 e. The molecule has 0 spiro atoms. The van der Waals surface area contributed by atoms with Gasteiger partial charge < -0.3 is 15.0 Å². The van der Waals surface area contributed by atoms with Crippen molar-refractivity contribution in [3.8, 4) is 0 Å². The van der Waals surface area contributed by atoms with Crippen LogP contribution in [0.3, 0.4) is 0 Å². The van der Waals surface area contributed by atoms with Crippen LogP contribution < -0.4 is 10.5 Å². The number of carbonyl (C=O) groups excluding carboxylic acids is 2. The van der Waals surface area contributed by atoms with Crippen LogP contribution in [0.1, 0.15) is 18.4 Å². The van der Waals surface area contributed by atoms with Gasteiger partial charge in [0.1, 0.15) is 0 Å². The second-order valence-electron chi connectivity index (χ2n) is 6.32. The number of methoxy groups -OCH3 is 1. The molecule has 3 N–H and O–H groups in total. The van der Waals surface area contributed by atoms with E-state index in [1.807, 2.05) is 0 Å². The van der Waals surface area contributed by atoms with E-state index < -0.39 is 10.0 Å². The number of hydrogen-bond donors (Lipinski definition) is 2. The molecule has 8 nitrogen and oxygen atoms in total. The van der Waals surface area contributed by atoms with E-state index in [1.165, 1.54) is 12.1 Å². The van der Waals surface area contributed by atoms with Crippen molar-refractivity contribution >= 4 is 21.8 Å². The molecule has 1 unspecified atom stereocenters. The highest BCUT2D eigenvalue weighted by molar-refractivity contribution is 7.89. The molecule has 1 aliphatic rings. The summed E-state index contributed by atoms with van der Waals surface area (Å²) in [7, 11) is -2.08. The molecule has 0 radical (unpaired) electrons. The van der Waals surface area contributed by atoms with Crippen LogP contribution in [-0.4, -0.2) is 58.5 Å². The van der Waals surface area contributed by atoms with E-state index in [9.17, 15) is 18.0 Å². The van der Waals surface area contributed by atoms with Crippen molar-refractivity contribution < 1.29 is 22.7 Å². The van der Waals surface area contributed by atoms with Gasteiger partial charge in [-0.2, -0.15) is 0 Å². The van der Waals surface area contributed by atoms with Gasteiger partial charge in [-0.3, -0.25) is 9.59 Å². The molecule has 1 heterocycles. The lowest BCUT2D eigenvalue weighted by atomic mass is 10.1. The van der Waals surface area contributed by atoms with E-state index in [0.717, 1.165) is 12.0 Å². The van der Waals surface area contributed by atoms with Crippen LogP contribution in [0.4, 0.5) is 0 Å². The molecular weight excluding hydrogens is 358 g/mol. The molecule has 9 heteroatoms. The van der Waals surface area contributed by atoms with E-state index in [0.29, 0.717) is 32.7 Å². The number of nitrogens with one attached hydrogen (secondary N) is 1. The Hall–Kier alpha value is -1.97. The summed E-state index contributed by atoms with van der Waals surface area (Å²) in [6.07, 6.45) is 1.56. The molecular formula is C17H25N3O5S. The van der Waals surface area contributed by atoms with Crippen LogP contribution in [0.2, 0.25) is 0 Å². The van der Waals surface area contributed by atoms with Crippen LogP contribution >= 0.6 is 0 Å². The molecule has 144 valence electrons. The average Bonchev–Trinajstić information content (AvgIpc) is 2.96. The van der Waals surface area contributed by atoms with Gasteiger partial charge in [-0.15, -0.1) is 0 Å². The number of nitrogens with zero attached hydrogens (tertiary/aromatic N) is 1. The molecule has 2 rings (SSSR count). The van der Waals surface area contributed by atoms with Gasteiger partial charge in [-0.1, -0.05) is 12.1 Å². The predicted molar refractivity (Wildman–Crippen MR) is 95.7 cm³/mol. The Morgan fingerprint density at radius 2 is 2.04 bits per heavy atom. The first-order valence-electron chi connectivity index (χ1n) is 8.47. The van der Waals surface area contributed by atoms with Gasteiger partial charge in [0.25, 0.3) is 0 Å². The van der Waals surface area contributed by atoms with Crippen molar-refractivity contribution in [2.75, 3.05) is 33.4 Å². The van der Waals surface area contributed by atoms with Crippen molar-refractivity contribution in [3.05, 3.63) is 29.8 Å². The lowest BCUT2D eigenvalue weighted by Crippen LogP contribution is -2.34. The van der Waals surface area contributed by atoms with Gasteiger partial charge in [0, 0.05) is 39.8 Å². The third-order valence-corrected chi connectivity index (χ3v) is 5.26. The first kappa shape index (κ1) is 20.3. The molecule has 0 bridgehead atoms. The number of nitrogens with two attached hydrogens (primary N) is 1. The predicted octanol–water partition coefficient (Wildman–Crippen LogP) is -0.122. The lowest BCUT2D eigenvalue weighted by Gasteiger charge is -2.16. The van der Waals surface area contributed by atoms with Crippen molar-refractivity contribution in [2.45, 2.75) is 24.2 Å². The van der Waals surface area contributed by atoms with Gasteiger partial charge >= 0.3 is 0 Å². The van der Waals surface area contributed by atoms with Crippen molar-refractivity contribution in [1.82, 2.24) is 10.2 Å². The Morgan fingerprint density at radius 1 is 1.35 bits per heavy atom. The molecule has 2 amide bonds. The Morgan fingerprint density at radius 3 is 2.65 bits per heavy atom. The third kappa shape index (κ3) is 5.79. The van der Waals surface area contributed by atoms with E-state index in [1.54, 1.807) is 24.1 Å². The summed E-state index contributed by atoms with van der Waals surface area (Å²) in [4.78, 5) is 25.9. The Labute approximate surface area is 153 Å². The van der Waals surface area contributed by atoms with Crippen LogP contribution in [0.15, 0.2) is 29.2 Å². The summed E-state index contributed by atoms with van der Waals surface area (Å²) >= 11 is 0. The van der Waals surface area contributed by atoms with E-state index >= 15 is 0 Å². The fraction of sp³-hybridized carbons (Fsp3) is 0.529. The fourth-order valence-corrected chi connectivity index (χ4v) is 3.40. The Bertz CT molecular complexity index is 733. The molecule has 0 aliphatic carbocycles. The normalized spacial score (nSPS) is 17.5. The zero-order valence-electron chi connectivity index (χ0n) is 14.8. The van der Waals surface area contributed by atoms with Gasteiger partial charge in [0.05, 0.1) is 10.8 Å². The highest BCUT2D eigenvalue weighted by atomic mass is 32.2. The molecule has 1 aromatic carbocycles. The summed E-state index contributed by atoms with van der Waals surface area (Å²) in [5.41, 5.74) is 0.890. The van der Waals surface area contributed by atoms with Crippen molar-refractivity contribution in [2.24, 2.45) is 11.1 Å². The molecule has 26 heavy (non-hydrogen) atoms. The number of primary sulfonamides is 1. The van der Waals surface area contributed by atoms with Crippen molar-refractivity contribution in [1.29, 1.82) is 0 Å². The van der Waals surface area contributed by atoms with Crippen LogP contribution in [0.5, 0.6) is 0 Å². The lowest BCUT2D eigenvalue weighted by molar-refractivity contribution is -0.129. The third-order valence-electron chi connectivity index (χ3n) is 4.33. The minimum absolute atomic E-state index is 0.000152. The molecule has 0 aromatic heterocycles. The van der Waals surface area contributed by atoms with E-state index in [2.05, 4.69) is 5.32 Å². The largest absolute Gasteiger partial charge is 0.385 e. The number of amides is 2. The van der Waals surface area contributed by atoms with Gasteiger partial charge in [0.2, 0.25) is 21.8 Å². The zero-order valence-corrected chi connectivity index (χ0v) is 15.6. The topological polar surface area (TPSA) is 119 Å². The first-order chi connectivity index (χ1) is 12.3. The summed E-state index contributed by atoms with van der Waals surface area (Å²) < 4.78 is 27.4. The number of likely N-dealkylation sites (tertiary alicyclic amines) is 1. The van der Waals surface area contributed by atoms with Crippen LogP contribution in [-0.2, 0) is 30.8 Å². The van der Waals surface area contributed by atoms with E-state index in [4.69, 9.17) is 9.88 Å². The fourth-order valence-electron chi connectivity index (χ4n) is 2.88. The Balaban J connectivity index is 1.76. The number of carbonyl (C=O) groups is 2. The standard InChI is InChI=1S/C17H25N3O5S/c1-25-10-2-9-20-12-14(11-16(20)21)17(22)19-8-7-13-3-5-15(6-4-13)26(18,23)24/h3-6,14H,2,7-12H2,1H3,(H,19,22)(H2,18,23,24). The first-order valence-corrected chi connectivity index (χ1v) is 10.0. The molecule has 1 fully saturated rings. The molecule has 1 saturated heterocycles. The smallest absolute Gasteiger partial charge is 0.238 e. The number of rotatable bonds is 9. The zero-order chi connectivity index (χ0) is 19.2. The second kappa shape index (κ2) is 9.11. The number of hydrogen-bond acceptors (Lipinski definition) is 5. The summed E-state index contributed by atoms with van der Waals surface area (Å²) in [6, 6.07) is 6.23. The molecule has 1 aromatic rings. The highest BCUT2D eigenvalue weighted by Crippen LogP contribution is 2.18. The summed E-state index contributed by atoms with van der Waals surface area (Å²) in [5.74, 6) is -0.455. The van der Waals surface area contributed by atoms with Crippen molar-refractivity contribution in [3.63, 3.8) is 0 Å². The van der Waals surface area contributed by atoms with Crippen LogP contribution in [0, 0.1) is 5.92 Å². The second-order valence-corrected chi connectivity index (χ2v) is 7.88. The monoisotopic (exact) mass is 383 g/mol. The molecule has 1 aliphatic heterocycles. The van der Waals surface area contributed by atoms with Gasteiger partial charge in [-0.05, 0) is 30.5 Å². The Kier molecular flexibility index (Phi) is 7.13. The maximum atomic E-state index is 12.2. The summed E-state index contributed by atoms with van der Waals surface area (Å²) in [5, 5.41) is 7.89. The van der Waals surface area contributed by atoms with Gasteiger partial charge in [0.15, 0.2) is 0 Å². The number of benzene rings is 1. The SMILES string of the molecule is COCCCN1CC(C(=O)NCCc2ccc(S(N)(=O)=O)cc2)CC1=O. The molecule has 0 saturated carbocycles. The maximum absolute atomic E-state index is 12.2. The van der Waals surface area contributed by atoms with Crippen LogP contribution in [0.25, 0.3) is 0 Å². The molecule has 1 atom stereocenters. The number of ether oxygens (including phenoxy) is 1. The average molecular weight is 383 g/mol. The highest BCUT2D eigenvalue weighted by Gasteiger charge is 2.33. The number of sulfonamides is 1. The maximum Gasteiger partial charge on any atom is 0.238 e. The minimum atomic E-state index is -3.70. The quantitative estimate of drug-likeness (QED) is 0.576. The van der Waals surface area contributed by atoms with Gasteiger partial charge in [-0.25, -0.2) is 13.6 Å².